The van der Waals surface area contributed by atoms with Crippen molar-refractivity contribution >= 4 is 5.91 Å². The van der Waals surface area contributed by atoms with E-state index in [0.717, 1.165) is 12.1 Å². The molecule has 0 bridgehead atoms. The van der Waals surface area contributed by atoms with E-state index in [4.69, 9.17) is 5.73 Å². The van der Waals surface area contributed by atoms with Gasteiger partial charge in [-0.25, -0.2) is 8.78 Å². The summed E-state index contributed by atoms with van der Waals surface area (Å²) in [5, 5.41) is 0. The van der Waals surface area contributed by atoms with Gasteiger partial charge < -0.3 is 10.6 Å². The van der Waals surface area contributed by atoms with Crippen molar-refractivity contribution in [3.63, 3.8) is 0 Å². The molecule has 98 valence electrons. The molecule has 18 heavy (non-hydrogen) atoms. The smallest absolute Gasteiger partial charge is 0.259 e. The number of hydrogen-bond acceptors (Lipinski definition) is 2. The van der Waals surface area contributed by atoms with Gasteiger partial charge in [0.15, 0.2) is 0 Å². The van der Waals surface area contributed by atoms with Crippen molar-refractivity contribution in [1.29, 1.82) is 0 Å². The van der Waals surface area contributed by atoms with Crippen molar-refractivity contribution in [3.05, 3.63) is 35.4 Å². The Hall–Kier alpha value is -1.49. The molecule has 1 aromatic carbocycles. The van der Waals surface area contributed by atoms with Crippen molar-refractivity contribution in [2.45, 2.75) is 19.4 Å². The third-order valence-corrected chi connectivity index (χ3v) is 3.58. The second-order valence-corrected chi connectivity index (χ2v) is 5.15. The number of likely N-dealkylation sites (tertiary alicyclic amines) is 1. The van der Waals surface area contributed by atoms with Crippen LogP contribution in [-0.4, -0.2) is 29.4 Å². The maximum Gasteiger partial charge on any atom is 0.259 e. The third kappa shape index (κ3) is 1.99. The number of hydrogen-bond donors (Lipinski definition) is 1. The Morgan fingerprint density at radius 1 is 1.33 bits per heavy atom. The number of halogens is 2. The zero-order valence-electron chi connectivity index (χ0n) is 10.4. The SMILES string of the molecule is CC(C)C1(N)CN(C(=O)c2c(F)cccc2F)C1. The molecule has 0 spiro atoms. The van der Waals surface area contributed by atoms with Gasteiger partial charge in [-0.15, -0.1) is 0 Å². The van der Waals surface area contributed by atoms with Gasteiger partial charge in [-0.1, -0.05) is 19.9 Å². The summed E-state index contributed by atoms with van der Waals surface area (Å²) in [6.07, 6.45) is 0. The molecular formula is C13H16F2N2O. The van der Waals surface area contributed by atoms with Crippen LogP contribution >= 0.6 is 0 Å². The second-order valence-electron chi connectivity index (χ2n) is 5.15. The summed E-state index contributed by atoms with van der Waals surface area (Å²) >= 11 is 0. The molecule has 2 N–H and O–H groups in total. The number of nitrogens with zero attached hydrogens (tertiary/aromatic N) is 1. The van der Waals surface area contributed by atoms with Crippen LogP contribution in [0.15, 0.2) is 18.2 Å². The summed E-state index contributed by atoms with van der Waals surface area (Å²) in [5.41, 5.74) is 5.10. The molecule has 1 saturated heterocycles. The predicted octanol–water partition coefficient (Wildman–Crippen LogP) is 1.77. The molecule has 1 heterocycles. The molecule has 1 aliphatic heterocycles. The van der Waals surface area contributed by atoms with E-state index in [2.05, 4.69) is 0 Å². The molecule has 1 fully saturated rings. The fraction of sp³-hybridized carbons (Fsp3) is 0.462. The molecule has 1 amide bonds. The first-order chi connectivity index (χ1) is 8.35. The van der Waals surface area contributed by atoms with E-state index in [1.165, 1.54) is 11.0 Å². The van der Waals surface area contributed by atoms with Crippen molar-refractivity contribution in [2.24, 2.45) is 11.7 Å². The Morgan fingerprint density at radius 2 is 1.83 bits per heavy atom. The maximum atomic E-state index is 13.5. The number of amides is 1. The lowest BCUT2D eigenvalue weighted by molar-refractivity contribution is 0.0266. The molecule has 1 aliphatic rings. The highest BCUT2D eigenvalue weighted by Gasteiger charge is 2.45. The lowest BCUT2D eigenvalue weighted by Gasteiger charge is -2.50. The molecule has 1 aromatic rings. The van der Waals surface area contributed by atoms with Gasteiger partial charge in [0, 0.05) is 13.1 Å². The first-order valence-electron chi connectivity index (χ1n) is 5.87. The van der Waals surface area contributed by atoms with Crippen molar-refractivity contribution < 1.29 is 13.6 Å². The normalized spacial score (nSPS) is 17.8. The van der Waals surface area contributed by atoms with E-state index in [-0.39, 0.29) is 5.92 Å². The summed E-state index contributed by atoms with van der Waals surface area (Å²) < 4.78 is 26.9. The lowest BCUT2D eigenvalue weighted by atomic mass is 9.80. The fourth-order valence-corrected chi connectivity index (χ4v) is 2.03. The van der Waals surface area contributed by atoms with E-state index in [1.54, 1.807) is 0 Å². The van der Waals surface area contributed by atoms with E-state index < -0.39 is 28.6 Å². The second kappa shape index (κ2) is 4.31. The van der Waals surface area contributed by atoms with Gasteiger partial charge in [0.1, 0.15) is 17.2 Å². The van der Waals surface area contributed by atoms with Crippen LogP contribution in [0, 0.1) is 17.6 Å². The minimum Gasteiger partial charge on any atom is -0.335 e. The maximum absolute atomic E-state index is 13.5. The molecular weight excluding hydrogens is 238 g/mol. The van der Waals surface area contributed by atoms with Crippen LogP contribution in [0.5, 0.6) is 0 Å². The highest BCUT2D eigenvalue weighted by atomic mass is 19.1. The van der Waals surface area contributed by atoms with Crippen LogP contribution in [0.2, 0.25) is 0 Å². The van der Waals surface area contributed by atoms with Crippen LogP contribution in [0.3, 0.4) is 0 Å². The quantitative estimate of drug-likeness (QED) is 0.874. The topological polar surface area (TPSA) is 46.3 Å². The average molecular weight is 254 g/mol. The van der Waals surface area contributed by atoms with Gasteiger partial charge in [0.25, 0.3) is 5.91 Å². The molecule has 5 heteroatoms. The highest BCUT2D eigenvalue weighted by Crippen LogP contribution is 2.28. The van der Waals surface area contributed by atoms with Gasteiger partial charge in [0.05, 0.1) is 5.54 Å². The molecule has 0 saturated carbocycles. The summed E-state index contributed by atoms with van der Waals surface area (Å²) in [6.45, 7) is 4.59. The standard InChI is InChI=1S/C13H16F2N2O/c1-8(2)13(16)6-17(7-13)12(18)11-9(14)4-3-5-10(11)15/h3-5,8H,6-7,16H2,1-2H3. The van der Waals surface area contributed by atoms with Gasteiger partial charge >= 0.3 is 0 Å². The molecule has 0 radical (unpaired) electrons. The average Bonchev–Trinajstić information content (AvgIpc) is 2.23. The van der Waals surface area contributed by atoms with Gasteiger partial charge in [-0.2, -0.15) is 0 Å². The molecule has 0 unspecified atom stereocenters. The number of benzene rings is 1. The Balaban J connectivity index is 2.16. The summed E-state index contributed by atoms with van der Waals surface area (Å²) in [5.74, 6) is -2.09. The summed E-state index contributed by atoms with van der Waals surface area (Å²) in [7, 11) is 0. The van der Waals surface area contributed by atoms with E-state index in [9.17, 15) is 13.6 Å². The van der Waals surface area contributed by atoms with Crippen LogP contribution in [0.4, 0.5) is 8.78 Å². The zero-order chi connectivity index (χ0) is 13.5. The number of rotatable bonds is 2. The Bertz CT molecular complexity index is 462. The Labute approximate surface area is 105 Å². The summed E-state index contributed by atoms with van der Waals surface area (Å²) in [4.78, 5) is 13.3. The Morgan fingerprint density at radius 3 is 2.28 bits per heavy atom. The van der Waals surface area contributed by atoms with Gasteiger partial charge in [-0.05, 0) is 18.1 Å². The van der Waals surface area contributed by atoms with E-state index in [1.807, 2.05) is 13.8 Å². The number of carbonyl (C=O) groups excluding carboxylic acids is 1. The van der Waals surface area contributed by atoms with Gasteiger partial charge in [-0.3, -0.25) is 4.79 Å². The third-order valence-electron chi connectivity index (χ3n) is 3.58. The minimum absolute atomic E-state index is 0.215. The lowest BCUT2D eigenvalue weighted by Crippen LogP contribution is -2.71. The highest BCUT2D eigenvalue weighted by molar-refractivity contribution is 5.95. The van der Waals surface area contributed by atoms with Crippen molar-refractivity contribution in [3.8, 4) is 0 Å². The first kappa shape index (κ1) is 13.0. The molecule has 2 rings (SSSR count). The minimum atomic E-state index is -0.834. The van der Waals surface area contributed by atoms with Crippen LogP contribution in [-0.2, 0) is 0 Å². The first-order valence-corrected chi connectivity index (χ1v) is 5.87. The largest absolute Gasteiger partial charge is 0.335 e. The predicted molar refractivity (Wildman–Crippen MR) is 64.0 cm³/mol. The summed E-state index contributed by atoms with van der Waals surface area (Å²) in [6, 6.07) is 3.39. The van der Waals surface area contributed by atoms with E-state index >= 15 is 0 Å². The monoisotopic (exact) mass is 254 g/mol. The molecule has 0 aromatic heterocycles. The number of carbonyl (C=O) groups is 1. The molecule has 0 aliphatic carbocycles. The van der Waals surface area contributed by atoms with E-state index in [0.29, 0.717) is 13.1 Å². The van der Waals surface area contributed by atoms with Gasteiger partial charge in [0.2, 0.25) is 0 Å². The van der Waals surface area contributed by atoms with Crippen LogP contribution in [0.1, 0.15) is 24.2 Å². The Kier molecular flexibility index (Phi) is 3.11. The fourth-order valence-electron chi connectivity index (χ4n) is 2.03. The van der Waals surface area contributed by atoms with Crippen molar-refractivity contribution in [1.82, 2.24) is 4.90 Å². The van der Waals surface area contributed by atoms with Crippen LogP contribution < -0.4 is 5.73 Å². The van der Waals surface area contributed by atoms with Crippen LogP contribution in [0.25, 0.3) is 0 Å². The number of nitrogens with two attached hydrogens (primary N) is 1. The molecule has 3 nitrogen and oxygen atoms in total. The van der Waals surface area contributed by atoms with Crippen molar-refractivity contribution in [2.75, 3.05) is 13.1 Å². The zero-order valence-corrected chi connectivity index (χ0v) is 10.4. The molecule has 0 atom stereocenters.